The van der Waals surface area contributed by atoms with Crippen LogP contribution in [0.15, 0.2) is 71.3 Å². The summed E-state index contributed by atoms with van der Waals surface area (Å²) in [5, 5.41) is 5.68. The summed E-state index contributed by atoms with van der Waals surface area (Å²) in [6, 6.07) is 18.7. The topological polar surface area (TPSA) is 77.8 Å². The number of carbonyl (C=O) groups excluding carboxylic acids is 2. The number of furan rings is 1. The molecule has 1 heterocycles. The van der Waals surface area contributed by atoms with Crippen LogP contribution in [0.1, 0.15) is 12.5 Å². The predicted molar refractivity (Wildman–Crippen MR) is 115 cm³/mol. The van der Waals surface area contributed by atoms with Crippen LogP contribution in [0.4, 0.5) is 5.69 Å². The van der Waals surface area contributed by atoms with Gasteiger partial charge in [-0.1, -0.05) is 30.3 Å². The van der Waals surface area contributed by atoms with E-state index in [4.69, 9.17) is 13.9 Å². The van der Waals surface area contributed by atoms with Crippen LogP contribution in [0.5, 0.6) is 5.75 Å². The van der Waals surface area contributed by atoms with Crippen LogP contribution in [0.2, 0.25) is 0 Å². The number of ether oxygens (including phenoxy) is 2. The summed E-state index contributed by atoms with van der Waals surface area (Å²) in [4.78, 5) is 24.8. The molecule has 6 nitrogen and oxygen atoms in total. The summed E-state index contributed by atoms with van der Waals surface area (Å²) in [6.45, 7) is 1.54. The first-order valence-electron chi connectivity index (χ1n) is 9.57. The molecular weight excluding hydrogens is 382 g/mol. The average molecular weight is 403 g/mol. The Kier molecular flexibility index (Phi) is 5.39. The number of rotatable bonds is 6. The second-order valence-corrected chi connectivity index (χ2v) is 6.95. The van der Waals surface area contributed by atoms with Crippen LogP contribution < -0.4 is 10.1 Å². The van der Waals surface area contributed by atoms with E-state index in [2.05, 4.69) is 5.32 Å². The maximum atomic E-state index is 12.5. The van der Waals surface area contributed by atoms with Crippen molar-refractivity contribution in [3.05, 3.63) is 72.5 Å². The first-order chi connectivity index (χ1) is 14.5. The molecule has 3 aromatic carbocycles. The molecule has 1 amide bonds. The number of amides is 1. The van der Waals surface area contributed by atoms with E-state index in [9.17, 15) is 9.59 Å². The summed E-state index contributed by atoms with van der Waals surface area (Å²) in [7, 11) is 1.57. The Balaban J connectivity index is 1.44. The second-order valence-electron chi connectivity index (χ2n) is 6.95. The van der Waals surface area contributed by atoms with Gasteiger partial charge in [-0.15, -0.1) is 0 Å². The molecule has 0 aliphatic carbocycles. The van der Waals surface area contributed by atoms with Gasteiger partial charge in [-0.2, -0.15) is 0 Å². The van der Waals surface area contributed by atoms with Crippen molar-refractivity contribution in [3.8, 4) is 5.75 Å². The normalized spacial score (nSPS) is 11.9. The fraction of sp³-hybridized carbons (Fsp3) is 0.167. The highest BCUT2D eigenvalue weighted by atomic mass is 16.5. The third-order valence-electron chi connectivity index (χ3n) is 4.91. The Bertz CT molecular complexity index is 1210. The summed E-state index contributed by atoms with van der Waals surface area (Å²) >= 11 is 0. The van der Waals surface area contributed by atoms with Crippen molar-refractivity contribution in [1.29, 1.82) is 0 Å². The highest BCUT2D eigenvalue weighted by molar-refractivity contribution is 6.08. The molecule has 30 heavy (non-hydrogen) atoms. The van der Waals surface area contributed by atoms with Gasteiger partial charge in [-0.25, -0.2) is 0 Å². The van der Waals surface area contributed by atoms with E-state index in [1.54, 1.807) is 44.6 Å². The van der Waals surface area contributed by atoms with E-state index in [1.165, 1.54) is 0 Å². The average Bonchev–Trinajstić information content (AvgIpc) is 3.17. The molecular formula is C24H21NO5. The zero-order valence-corrected chi connectivity index (χ0v) is 16.7. The minimum Gasteiger partial charge on any atom is -0.497 e. The van der Waals surface area contributed by atoms with Gasteiger partial charge in [-0.05, 0) is 48.0 Å². The van der Waals surface area contributed by atoms with Crippen LogP contribution in [-0.2, 0) is 20.7 Å². The Labute approximate surface area is 173 Å². The predicted octanol–water partition coefficient (Wildman–Crippen LogP) is 4.71. The zero-order chi connectivity index (χ0) is 21.1. The van der Waals surface area contributed by atoms with Crippen LogP contribution >= 0.6 is 0 Å². The third kappa shape index (κ3) is 3.98. The molecule has 0 aliphatic heterocycles. The van der Waals surface area contributed by atoms with Crippen molar-refractivity contribution in [1.82, 2.24) is 0 Å². The van der Waals surface area contributed by atoms with Crippen LogP contribution in [0.25, 0.3) is 21.7 Å². The monoisotopic (exact) mass is 403 g/mol. The van der Waals surface area contributed by atoms with E-state index in [1.807, 2.05) is 36.4 Å². The van der Waals surface area contributed by atoms with Crippen LogP contribution in [-0.4, -0.2) is 25.1 Å². The lowest BCUT2D eigenvalue weighted by Crippen LogP contribution is -2.30. The highest BCUT2D eigenvalue weighted by Gasteiger charge is 2.20. The molecule has 1 N–H and O–H groups in total. The molecule has 0 spiro atoms. The van der Waals surface area contributed by atoms with Crippen molar-refractivity contribution in [3.63, 3.8) is 0 Å². The van der Waals surface area contributed by atoms with Gasteiger partial charge in [-0.3, -0.25) is 9.59 Å². The molecule has 1 atom stereocenters. The number of benzene rings is 3. The Morgan fingerprint density at radius 2 is 1.80 bits per heavy atom. The molecule has 0 saturated heterocycles. The molecule has 152 valence electrons. The number of esters is 1. The number of methoxy groups -OCH3 is 1. The van der Waals surface area contributed by atoms with E-state index in [0.29, 0.717) is 17.0 Å². The lowest BCUT2D eigenvalue weighted by Gasteiger charge is -2.13. The number of nitrogens with one attached hydrogen (secondary N) is 1. The SMILES string of the molecule is COc1ccc(NC(=O)[C@@H](C)OC(=O)Cc2coc3ccc4ccccc4c23)cc1. The summed E-state index contributed by atoms with van der Waals surface area (Å²) in [6.07, 6.45) is 0.649. The lowest BCUT2D eigenvalue weighted by atomic mass is 10.0. The molecule has 0 fully saturated rings. The van der Waals surface area contributed by atoms with Crippen molar-refractivity contribution < 1.29 is 23.5 Å². The van der Waals surface area contributed by atoms with Gasteiger partial charge >= 0.3 is 5.97 Å². The number of carbonyl (C=O) groups is 2. The van der Waals surface area contributed by atoms with Crippen LogP contribution in [0.3, 0.4) is 0 Å². The van der Waals surface area contributed by atoms with E-state index in [0.717, 1.165) is 21.7 Å². The largest absolute Gasteiger partial charge is 0.497 e. The lowest BCUT2D eigenvalue weighted by molar-refractivity contribution is -0.152. The second kappa shape index (κ2) is 8.29. The number of hydrogen-bond acceptors (Lipinski definition) is 5. The fourth-order valence-corrected chi connectivity index (χ4v) is 3.37. The maximum absolute atomic E-state index is 12.5. The summed E-state index contributed by atoms with van der Waals surface area (Å²) in [5.41, 5.74) is 2.03. The van der Waals surface area contributed by atoms with Gasteiger partial charge in [0.2, 0.25) is 0 Å². The maximum Gasteiger partial charge on any atom is 0.311 e. The molecule has 6 heteroatoms. The molecule has 0 bridgehead atoms. The van der Waals surface area contributed by atoms with Gasteiger partial charge in [0.25, 0.3) is 5.91 Å². The van der Waals surface area contributed by atoms with Gasteiger partial charge in [0.1, 0.15) is 11.3 Å². The molecule has 4 aromatic rings. The quantitative estimate of drug-likeness (QED) is 0.472. The number of anilines is 1. The van der Waals surface area contributed by atoms with Crippen molar-refractivity contribution in [2.75, 3.05) is 12.4 Å². The minimum absolute atomic E-state index is 0.0150. The first kappa shape index (κ1) is 19.5. The molecule has 4 rings (SSSR count). The van der Waals surface area contributed by atoms with Crippen LogP contribution in [0, 0.1) is 0 Å². The third-order valence-corrected chi connectivity index (χ3v) is 4.91. The van der Waals surface area contributed by atoms with E-state index < -0.39 is 18.0 Å². The van der Waals surface area contributed by atoms with Crippen molar-refractivity contribution in [2.45, 2.75) is 19.4 Å². The fourth-order valence-electron chi connectivity index (χ4n) is 3.37. The molecule has 0 unspecified atom stereocenters. The van der Waals surface area contributed by atoms with Gasteiger partial charge in [0.15, 0.2) is 6.10 Å². The smallest absolute Gasteiger partial charge is 0.311 e. The van der Waals surface area contributed by atoms with Crippen molar-refractivity contribution >= 4 is 39.3 Å². The summed E-state index contributed by atoms with van der Waals surface area (Å²) in [5.74, 6) is -0.216. The molecule has 0 saturated carbocycles. The van der Waals surface area contributed by atoms with E-state index in [-0.39, 0.29) is 6.42 Å². The Morgan fingerprint density at radius 1 is 1.03 bits per heavy atom. The minimum atomic E-state index is -0.936. The number of hydrogen-bond donors (Lipinski definition) is 1. The standard InChI is InChI=1S/C24H21NO5/c1-15(24(27)25-18-8-10-19(28-2)11-9-18)30-22(26)13-17-14-29-21-12-7-16-5-3-4-6-20(16)23(17)21/h3-12,14-15H,13H2,1-2H3,(H,25,27)/t15-/m1/s1. The van der Waals surface area contributed by atoms with Crippen molar-refractivity contribution in [2.24, 2.45) is 0 Å². The van der Waals surface area contributed by atoms with E-state index >= 15 is 0 Å². The Morgan fingerprint density at radius 3 is 2.57 bits per heavy atom. The first-order valence-corrected chi connectivity index (χ1v) is 9.57. The van der Waals surface area contributed by atoms with Gasteiger partial charge in [0, 0.05) is 16.6 Å². The summed E-state index contributed by atoms with van der Waals surface area (Å²) < 4.78 is 16.0. The van der Waals surface area contributed by atoms with Gasteiger partial charge < -0.3 is 19.2 Å². The zero-order valence-electron chi connectivity index (χ0n) is 16.7. The number of fused-ring (bicyclic) bond motifs is 3. The Hall–Kier alpha value is -3.80. The highest BCUT2D eigenvalue weighted by Crippen LogP contribution is 2.30. The molecule has 0 radical (unpaired) electrons. The van der Waals surface area contributed by atoms with Gasteiger partial charge in [0.05, 0.1) is 19.8 Å². The molecule has 1 aromatic heterocycles. The molecule has 0 aliphatic rings.